The lowest BCUT2D eigenvalue weighted by Crippen LogP contribution is -2.54. The average Bonchev–Trinajstić information content (AvgIpc) is 3.04. The second-order valence-electron chi connectivity index (χ2n) is 8.68. The fraction of sp³-hybridized carbons (Fsp3) is 0.391. The van der Waals surface area contributed by atoms with Crippen molar-refractivity contribution in [3.8, 4) is 0 Å². The summed E-state index contributed by atoms with van der Waals surface area (Å²) in [6.45, 7) is 1.68. The topological polar surface area (TPSA) is 37.4 Å². The van der Waals surface area contributed by atoms with E-state index in [4.69, 9.17) is 0 Å². The van der Waals surface area contributed by atoms with Crippen LogP contribution in [0.1, 0.15) is 24.5 Å². The molecule has 0 spiro atoms. The Bertz CT molecular complexity index is 1160. The number of nitrogens with zero attached hydrogens (tertiary/aromatic N) is 1. The van der Waals surface area contributed by atoms with Crippen LogP contribution >= 0.6 is 0 Å². The molecule has 1 aliphatic heterocycles. The van der Waals surface area contributed by atoms with Gasteiger partial charge in [-0.2, -0.15) is 35.0 Å². The summed E-state index contributed by atoms with van der Waals surface area (Å²) in [5.41, 5.74) is -0.758. The zero-order valence-corrected chi connectivity index (χ0v) is 19.0. The first kappa shape index (κ1) is 26.2. The van der Waals surface area contributed by atoms with Gasteiger partial charge in [0.15, 0.2) is 0 Å². The molecule has 34 heavy (non-hydrogen) atoms. The summed E-state index contributed by atoms with van der Waals surface area (Å²) in [5, 5.41) is 0. The molecule has 2 aromatic rings. The maximum Gasteiger partial charge on any atom is 0.459 e. The predicted octanol–water partition coefficient (Wildman–Crippen LogP) is 6.31. The molecule has 3 rings (SSSR count). The van der Waals surface area contributed by atoms with E-state index in [1.54, 1.807) is 37.3 Å². The van der Waals surface area contributed by atoms with Crippen LogP contribution in [0.2, 0.25) is 0 Å². The second kappa shape index (κ2) is 8.67. The summed E-state index contributed by atoms with van der Waals surface area (Å²) in [5.74, 6) is -11.8. The van der Waals surface area contributed by atoms with Crippen LogP contribution in [0.15, 0.2) is 65.1 Å². The minimum atomic E-state index is -6.47. The molecule has 1 heterocycles. The van der Waals surface area contributed by atoms with E-state index >= 15 is 0 Å². The maximum absolute atomic E-state index is 14.4. The van der Waals surface area contributed by atoms with Crippen LogP contribution in [-0.2, 0) is 10.0 Å². The predicted molar refractivity (Wildman–Crippen MR) is 113 cm³/mol. The number of halogens is 7. The highest BCUT2D eigenvalue weighted by atomic mass is 32.2. The third-order valence-electron chi connectivity index (χ3n) is 5.87. The van der Waals surface area contributed by atoms with E-state index in [1.807, 2.05) is 0 Å². The first-order valence-corrected chi connectivity index (χ1v) is 11.6. The quantitative estimate of drug-likeness (QED) is 0.428. The number of sulfonamides is 1. The minimum Gasteiger partial charge on any atom is -0.207 e. The number of alkyl halides is 7. The van der Waals surface area contributed by atoms with Gasteiger partial charge in [-0.3, -0.25) is 0 Å². The van der Waals surface area contributed by atoms with Gasteiger partial charge < -0.3 is 0 Å². The lowest BCUT2D eigenvalue weighted by molar-refractivity contribution is -0.358. The minimum absolute atomic E-state index is 0.00651. The van der Waals surface area contributed by atoms with Crippen LogP contribution < -0.4 is 0 Å². The highest BCUT2D eigenvalue weighted by Crippen LogP contribution is 2.54. The van der Waals surface area contributed by atoms with Gasteiger partial charge in [0.25, 0.3) is 0 Å². The van der Waals surface area contributed by atoms with E-state index in [0.717, 1.165) is 16.8 Å². The van der Waals surface area contributed by atoms with Crippen molar-refractivity contribution in [1.29, 1.82) is 0 Å². The van der Waals surface area contributed by atoms with Crippen LogP contribution in [0.25, 0.3) is 6.08 Å². The Morgan fingerprint density at radius 1 is 0.941 bits per heavy atom. The van der Waals surface area contributed by atoms with Gasteiger partial charge >= 0.3 is 18.0 Å². The van der Waals surface area contributed by atoms with Crippen LogP contribution in [0, 0.1) is 12.3 Å². The molecule has 0 aromatic heterocycles. The van der Waals surface area contributed by atoms with Crippen molar-refractivity contribution < 1.29 is 39.2 Å². The van der Waals surface area contributed by atoms with Gasteiger partial charge in [0, 0.05) is 24.9 Å². The summed E-state index contributed by atoms with van der Waals surface area (Å²) in [7, 11) is -4.23. The molecule has 1 fully saturated rings. The summed E-state index contributed by atoms with van der Waals surface area (Å²) >= 11 is 0. The average molecular weight is 509 g/mol. The summed E-state index contributed by atoms with van der Waals surface area (Å²) in [6, 6.07) is 13.7. The van der Waals surface area contributed by atoms with Crippen molar-refractivity contribution in [2.24, 2.45) is 5.41 Å². The normalized spacial score (nSPS) is 21.9. The third-order valence-corrected chi connectivity index (χ3v) is 7.68. The smallest absolute Gasteiger partial charge is 0.207 e. The fourth-order valence-corrected chi connectivity index (χ4v) is 5.45. The van der Waals surface area contributed by atoms with E-state index in [-0.39, 0.29) is 10.5 Å². The molecule has 0 radical (unpaired) electrons. The van der Waals surface area contributed by atoms with E-state index in [1.165, 1.54) is 30.3 Å². The molecule has 0 N–H and O–H groups in total. The molecule has 186 valence electrons. The van der Waals surface area contributed by atoms with E-state index in [9.17, 15) is 39.2 Å². The summed E-state index contributed by atoms with van der Waals surface area (Å²) < 4.78 is 122. The van der Waals surface area contributed by atoms with Crippen molar-refractivity contribution >= 4 is 16.1 Å². The molecule has 0 amide bonds. The largest absolute Gasteiger partial charge is 0.459 e. The van der Waals surface area contributed by atoms with Crippen LogP contribution in [0.3, 0.4) is 0 Å². The number of hydrogen-bond acceptors (Lipinski definition) is 2. The van der Waals surface area contributed by atoms with E-state index in [0.29, 0.717) is 5.56 Å². The number of benzene rings is 2. The van der Waals surface area contributed by atoms with Gasteiger partial charge in [-0.15, -0.1) is 0 Å². The molecule has 1 aliphatic rings. The van der Waals surface area contributed by atoms with Crippen molar-refractivity contribution in [3.05, 3.63) is 71.3 Å². The van der Waals surface area contributed by atoms with Gasteiger partial charge in [-0.1, -0.05) is 61.0 Å². The Kier molecular flexibility index (Phi) is 6.69. The van der Waals surface area contributed by atoms with Crippen molar-refractivity contribution in [2.45, 2.75) is 43.2 Å². The molecule has 0 saturated carbocycles. The molecule has 0 aliphatic carbocycles. The molecule has 1 atom stereocenters. The van der Waals surface area contributed by atoms with Gasteiger partial charge in [0.2, 0.25) is 10.0 Å². The fourth-order valence-electron chi connectivity index (χ4n) is 3.90. The number of hydrogen-bond donors (Lipinski definition) is 0. The molecule has 1 unspecified atom stereocenters. The molecule has 11 heteroatoms. The molecule has 1 saturated heterocycles. The maximum atomic E-state index is 14.4. The Morgan fingerprint density at radius 2 is 1.50 bits per heavy atom. The van der Waals surface area contributed by atoms with Gasteiger partial charge in [0.05, 0.1) is 4.90 Å². The monoisotopic (exact) mass is 509 g/mol. The third kappa shape index (κ3) is 4.86. The van der Waals surface area contributed by atoms with Crippen molar-refractivity contribution in [3.63, 3.8) is 0 Å². The first-order valence-electron chi connectivity index (χ1n) is 10.1. The van der Waals surface area contributed by atoms with Gasteiger partial charge in [-0.25, -0.2) is 8.42 Å². The Morgan fingerprint density at radius 3 is 2.03 bits per heavy atom. The van der Waals surface area contributed by atoms with Crippen molar-refractivity contribution in [1.82, 2.24) is 4.31 Å². The van der Waals surface area contributed by atoms with Crippen LogP contribution in [-0.4, -0.2) is 43.8 Å². The lowest BCUT2D eigenvalue weighted by atomic mass is 9.77. The van der Waals surface area contributed by atoms with E-state index < -0.39 is 53.0 Å². The Balaban J connectivity index is 2.05. The zero-order chi connectivity index (χ0) is 25.6. The van der Waals surface area contributed by atoms with Crippen molar-refractivity contribution in [2.75, 3.05) is 13.1 Å². The molecular formula is C23H22F7NO2S. The Hall–Kier alpha value is -2.40. The van der Waals surface area contributed by atoms with Gasteiger partial charge in [-0.05, 0) is 30.2 Å². The molecule has 0 bridgehead atoms. The summed E-state index contributed by atoms with van der Waals surface area (Å²) in [6.07, 6.45) is -7.01. The zero-order valence-electron chi connectivity index (χ0n) is 18.2. The molecule has 2 aromatic carbocycles. The second-order valence-corrected chi connectivity index (χ2v) is 10.6. The molecular weight excluding hydrogens is 487 g/mol. The number of rotatable bonds is 6. The Labute approximate surface area is 192 Å². The van der Waals surface area contributed by atoms with Crippen LogP contribution in [0.5, 0.6) is 0 Å². The highest BCUT2D eigenvalue weighted by Gasteiger charge is 2.74. The van der Waals surface area contributed by atoms with E-state index in [2.05, 4.69) is 0 Å². The SMILES string of the molecule is Cc1ccc(S(=O)(=O)N2C/C(=C/c3ccccc3)C(C)(CC(F)(F)C(F)(F)C(F)(F)F)C2)cc1. The molecule has 3 nitrogen and oxygen atoms in total. The van der Waals surface area contributed by atoms with Crippen LogP contribution in [0.4, 0.5) is 30.7 Å². The first-order chi connectivity index (χ1) is 15.5. The summed E-state index contributed by atoms with van der Waals surface area (Å²) in [4.78, 5) is -0.145. The van der Waals surface area contributed by atoms with Gasteiger partial charge in [0.1, 0.15) is 0 Å². The standard InChI is InChI=1S/C23H22F7NO2S/c1-16-8-10-19(11-9-16)34(32,33)31-13-18(12-17-6-4-3-5-7-17)20(2,15-31)14-21(24,25)22(26,27)23(28,29)30/h3-12H,13-15H2,1-2H3/b18-12-. The lowest BCUT2D eigenvalue weighted by Gasteiger charge is -2.35. The number of aryl methyl sites for hydroxylation is 1. The highest BCUT2D eigenvalue weighted by molar-refractivity contribution is 7.89.